The Labute approximate surface area is 469 Å². The van der Waals surface area contributed by atoms with Gasteiger partial charge in [-0.1, -0.05) is 69.2 Å². The van der Waals surface area contributed by atoms with E-state index < -0.39 is 187 Å². The second-order valence-corrected chi connectivity index (χ2v) is 23.7. The molecule has 458 valence electrons. The first-order valence-electron chi connectivity index (χ1n) is 28.1. The first kappa shape index (κ1) is 69.9. The van der Waals surface area contributed by atoms with Crippen LogP contribution in [-0.2, 0) is 62.1 Å². The summed E-state index contributed by atoms with van der Waals surface area (Å²) in [6.07, 6.45) is -14.7. The molecule has 3 heterocycles. The van der Waals surface area contributed by atoms with Gasteiger partial charge in [0, 0.05) is 61.8 Å². The first-order chi connectivity index (χ1) is 37.2. The Kier molecular flexibility index (Phi) is 27.3. The number of hydrogen-bond acceptors (Lipinski definition) is 20. The van der Waals surface area contributed by atoms with Crippen molar-refractivity contribution < 1.29 is 104 Å². The van der Waals surface area contributed by atoms with Crippen molar-refractivity contribution >= 4 is 52.7 Å². The van der Waals surface area contributed by atoms with Crippen LogP contribution in [0.2, 0.25) is 0 Å². The van der Waals surface area contributed by atoms with E-state index in [1.165, 1.54) is 25.7 Å². The van der Waals surface area contributed by atoms with Crippen molar-refractivity contribution in [2.75, 3.05) is 19.8 Å². The smallest absolute Gasteiger partial charge is 0.227 e. The number of ketones is 4. The van der Waals surface area contributed by atoms with Crippen LogP contribution in [0.3, 0.4) is 0 Å². The van der Waals surface area contributed by atoms with Crippen molar-refractivity contribution in [1.82, 2.24) is 20.9 Å². The number of rotatable bonds is 31. The summed E-state index contributed by atoms with van der Waals surface area (Å²) in [5.41, 5.74) is 4.03. The summed E-state index contributed by atoms with van der Waals surface area (Å²) in [4.78, 5) is 122. The van der Waals surface area contributed by atoms with Crippen LogP contribution >= 0.6 is 0 Å². The van der Waals surface area contributed by atoms with Crippen LogP contribution in [0.1, 0.15) is 129 Å². The SMILES string of the molecule is CC(CC(=O)C1CCCN1C(=O)C(CC(=O)[C@@H]([NH3+])C(C)O[C@H]1OC(CO)[C@H](O)[C@H](O[C@@H]2OC(CO)[C@H](O)[C@H](O)C2O)C1C)C(C)C)C(=O)N[C@@H](C)C(=O)CC(C(=O)N[C@H](C(=O)CC(C(=O)N[C@@H](C)C(=O)[O-])C(C)C)C(C)C)C(C)C. The number of nitrogens with one attached hydrogen (secondary N) is 3. The van der Waals surface area contributed by atoms with E-state index >= 15 is 0 Å². The number of carboxylic acids is 1. The Morgan fingerprint density at radius 1 is 0.613 bits per heavy atom. The van der Waals surface area contributed by atoms with Crippen LogP contribution in [0.15, 0.2) is 0 Å². The zero-order valence-corrected chi connectivity index (χ0v) is 48.8. The molecule has 0 aromatic heterocycles. The molecule has 0 radical (unpaired) electrons. The summed E-state index contributed by atoms with van der Waals surface area (Å²) < 4.78 is 23.4. The molecule has 20 atom stereocenters. The molecule has 4 amide bonds. The molecule has 12 N–H and O–H groups in total. The molecule has 25 nitrogen and oxygen atoms in total. The number of aliphatic hydroxyl groups is 6. The van der Waals surface area contributed by atoms with E-state index in [2.05, 4.69) is 21.7 Å². The molecule has 0 aromatic rings. The molecule has 25 heteroatoms. The molecule has 80 heavy (non-hydrogen) atoms. The molecule has 0 saturated carbocycles. The summed E-state index contributed by atoms with van der Waals surface area (Å²) in [5, 5.41) is 80.9. The van der Waals surface area contributed by atoms with Gasteiger partial charge in [0.2, 0.25) is 23.6 Å². The number of ether oxygens (including phenoxy) is 4. The van der Waals surface area contributed by atoms with E-state index in [9.17, 15) is 78.9 Å². The van der Waals surface area contributed by atoms with Gasteiger partial charge >= 0.3 is 0 Å². The third-order valence-corrected chi connectivity index (χ3v) is 16.0. The van der Waals surface area contributed by atoms with Crippen molar-refractivity contribution in [2.24, 2.45) is 53.3 Å². The Hall–Kier alpha value is -4.41. The number of hydrogen-bond donors (Lipinski definition) is 10. The molecular formula is C55H93N5O20. The molecule has 3 rings (SSSR count). The third-order valence-electron chi connectivity index (χ3n) is 16.0. The number of nitrogens with zero attached hydrogens (tertiary/aromatic N) is 1. The lowest BCUT2D eigenvalue weighted by Gasteiger charge is -2.47. The number of quaternary nitrogens is 1. The van der Waals surface area contributed by atoms with Crippen molar-refractivity contribution in [2.45, 2.75) is 220 Å². The summed E-state index contributed by atoms with van der Waals surface area (Å²) in [6.45, 7) is 20.0. The minimum absolute atomic E-state index is 0.228. The van der Waals surface area contributed by atoms with Gasteiger partial charge < -0.3 is 86.1 Å². The maximum atomic E-state index is 14.3. The summed E-state index contributed by atoms with van der Waals surface area (Å²) in [5.74, 6) is -11.5. The van der Waals surface area contributed by atoms with E-state index in [4.69, 9.17) is 18.9 Å². The Bertz CT molecular complexity index is 2130. The average molecular weight is 1140 g/mol. The van der Waals surface area contributed by atoms with Gasteiger partial charge in [0.05, 0.1) is 49.5 Å². The highest BCUT2D eigenvalue weighted by atomic mass is 16.7. The van der Waals surface area contributed by atoms with Crippen molar-refractivity contribution in [1.29, 1.82) is 0 Å². The molecule has 0 spiro atoms. The Morgan fingerprint density at radius 3 is 1.64 bits per heavy atom. The lowest BCUT2D eigenvalue weighted by Crippen LogP contribution is -2.71. The topological polar surface area (TPSA) is 402 Å². The third kappa shape index (κ3) is 18.3. The van der Waals surface area contributed by atoms with Gasteiger partial charge in [0.1, 0.15) is 42.7 Å². The Morgan fingerprint density at radius 2 is 1.11 bits per heavy atom. The number of aliphatic hydroxyl groups excluding tert-OH is 6. The zero-order chi connectivity index (χ0) is 60.9. The normalized spacial score (nSPS) is 28.8. The predicted octanol–water partition coefficient (Wildman–Crippen LogP) is -2.92. The summed E-state index contributed by atoms with van der Waals surface area (Å²) >= 11 is 0. The van der Waals surface area contributed by atoms with Gasteiger partial charge in [-0.05, 0) is 57.3 Å². The van der Waals surface area contributed by atoms with Crippen LogP contribution in [0, 0.1) is 53.3 Å². The number of aliphatic carboxylic acids is 1. The first-order valence-corrected chi connectivity index (χ1v) is 28.1. The molecule has 3 fully saturated rings. The van der Waals surface area contributed by atoms with Crippen molar-refractivity contribution in [3.8, 4) is 0 Å². The lowest BCUT2D eigenvalue weighted by molar-refractivity contribution is -0.432. The maximum Gasteiger partial charge on any atom is 0.227 e. The molecule has 0 aromatic carbocycles. The van der Waals surface area contributed by atoms with Gasteiger partial charge in [0.15, 0.2) is 41.8 Å². The van der Waals surface area contributed by atoms with Gasteiger partial charge in [0.25, 0.3) is 0 Å². The fourth-order valence-electron chi connectivity index (χ4n) is 10.2. The number of likely N-dealkylation sites (tertiary alicyclic amines) is 1. The fourth-order valence-corrected chi connectivity index (χ4v) is 10.2. The minimum Gasteiger partial charge on any atom is -0.548 e. The molecular weight excluding hydrogens is 1050 g/mol. The van der Waals surface area contributed by atoms with Crippen LogP contribution < -0.4 is 26.8 Å². The van der Waals surface area contributed by atoms with E-state index in [1.807, 2.05) is 0 Å². The van der Waals surface area contributed by atoms with Gasteiger partial charge in [-0.3, -0.25) is 38.4 Å². The summed E-state index contributed by atoms with van der Waals surface area (Å²) in [7, 11) is 0. The minimum atomic E-state index is -1.79. The van der Waals surface area contributed by atoms with E-state index in [-0.39, 0.29) is 55.8 Å². The molecule has 3 saturated heterocycles. The van der Waals surface area contributed by atoms with Gasteiger partial charge in [-0.25, -0.2) is 0 Å². The zero-order valence-electron chi connectivity index (χ0n) is 48.8. The average Bonchev–Trinajstić information content (AvgIpc) is 3.89. The summed E-state index contributed by atoms with van der Waals surface area (Å²) in [6, 6.07) is -5.37. The maximum absolute atomic E-state index is 14.3. The van der Waals surface area contributed by atoms with Gasteiger partial charge in [-0.15, -0.1) is 0 Å². The number of amides is 4. The Balaban J connectivity index is 1.62. The fraction of sp³-hybridized carbons (Fsp3) is 0.836. The highest BCUT2D eigenvalue weighted by molar-refractivity contribution is 5.98. The molecule has 3 aliphatic heterocycles. The largest absolute Gasteiger partial charge is 0.548 e. The molecule has 0 aliphatic carbocycles. The standard InChI is InChI=1S/C55H93N5O20/c1-23(2)32(51(73)59-43(26(7)8)39(66)19-33(24(3)4)50(72)58-30(12)53(75)76)18-36(63)29(11)57-49(71)27(9)17-37(64)35-15-14-16-60(35)52(74)34(25(5)6)20-38(65)42(56)31(13)77-54-28(10)48(45(68)41(22-62)78-54)80-55-47(70)46(69)44(67)40(21-61)79-55/h23-35,40-48,54-55,61-62,67-70H,14-22,56H2,1-13H3,(H,57,71)(H,58,72)(H,59,73)(H,75,76)/t27?,28?,29-,30-,31?,32?,33?,34?,35?,40?,41?,42-,43-,44-,45-,46-,47?,48+,54-,55-/m0/s1. The quantitative estimate of drug-likeness (QED) is 0.0332. The molecule has 0 bridgehead atoms. The highest BCUT2D eigenvalue weighted by Gasteiger charge is 2.51. The van der Waals surface area contributed by atoms with Crippen LogP contribution in [0.25, 0.3) is 0 Å². The second kappa shape index (κ2) is 31.3. The number of carbonyl (C=O) groups is 9. The van der Waals surface area contributed by atoms with E-state index in [0.717, 1.165) is 0 Å². The second-order valence-electron chi connectivity index (χ2n) is 23.7. The monoisotopic (exact) mass is 1140 g/mol. The molecule has 10 unspecified atom stereocenters. The van der Waals surface area contributed by atoms with Crippen LogP contribution in [0.4, 0.5) is 0 Å². The predicted molar refractivity (Wildman–Crippen MR) is 281 cm³/mol. The number of carboxylic acid groups (broad SMARTS) is 1. The lowest BCUT2D eigenvalue weighted by atomic mass is 9.84. The highest BCUT2D eigenvalue weighted by Crippen LogP contribution is 2.34. The van der Waals surface area contributed by atoms with E-state index in [1.54, 1.807) is 69.2 Å². The molecule has 3 aliphatic rings. The van der Waals surface area contributed by atoms with Crippen molar-refractivity contribution in [3.05, 3.63) is 0 Å². The van der Waals surface area contributed by atoms with Crippen LogP contribution in [-0.4, -0.2) is 200 Å². The number of Topliss-reactive ketones (excluding diaryl/α,β-unsaturated/α-hetero) is 4. The van der Waals surface area contributed by atoms with Crippen molar-refractivity contribution in [3.63, 3.8) is 0 Å². The number of carbonyl (C=O) groups excluding carboxylic acids is 9. The van der Waals surface area contributed by atoms with Crippen LogP contribution in [0.5, 0.6) is 0 Å². The van der Waals surface area contributed by atoms with Gasteiger partial charge in [-0.2, -0.15) is 0 Å². The van der Waals surface area contributed by atoms with E-state index in [0.29, 0.717) is 12.8 Å².